The van der Waals surface area contributed by atoms with Gasteiger partial charge < -0.3 is 15.8 Å². The van der Waals surface area contributed by atoms with Gasteiger partial charge in [-0.1, -0.05) is 36.8 Å². The van der Waals surface area contributed by atoms with Gasteiger partial charge in [0, 0.05) is 13.0 Å². The second kappa shape index (κ2) is 6.23. The fourth-order valence-corrected chi connectivity index (χ4v) is 1.83. The van der Waals surface area contributed by atoms with Crippen LogP contribution in [0.4, 0.5) is 11.5 Å². The van der Waals surface area contributed by atoms with Crippen LogP contribution in [0.25, 0.3) is 0 Å². The molecule has 1 aromatic carbocycles. The SMILES string of the molecule is CCc1nc(NCc2ccc(C)cc2)c(N)c(OC)n1. The molecule has 0 amide bonds. The van der Waals surface area contributed by atoms with Crippen LogP contribution in [0.5, 0.6) is 5.88 Å². The average Bonchev–Trinajstić information content (AvgIpc) is 2.48. The van der Waals surface area contributed by atoms with Gasteiger partial charge in [-0.2, -0.15) is 4.98 Å². The smallest absolute Gasteiger partial charge is 0.242 e. The van der Waals surface area contributed by atoms with Crippen LogP contribution >= 0.6 is 0 Å². The molecule has 5 nitrogen and oxygen atoms in total. The van der Waals surface area contributed by atoms with Crippen molar-refractivity contribution in [2.45, 2.75) is 26.8 Å². The molecule has 0 fully saturated rings. The fraction of sp³-hybridized carbons (Fsp3) is 0.333. The second-order valence-corrected chi connectivity index (χ2v) is 4.60. The standard InChI is InChI=1S/C15H20N4O/c1-4-12-18-14(13(16)15(19-12)20-3)17-9-11-7-5-10(2)6-8-11/h5-8H,4,9,16H2,1-3H3,(H,17,18,19). The Morgan fingerprint density at radius 1 is 1.20 bits per heavy atom. The number of rotatable bonds is 5. The molecule has 3 N–H and O–H groups in total. The Kier molecular flexibility index (Phi) is 4.40. The monoisotopic (exact) mass is 272 g/mol. The van der Waals surface area contributed by atoms with Gasteiger partial charge in [0.25, 0.3) is 0 Å². The molecule has 1 aromatic heterocycles. The Bertz CT molecular complexity index is 581. The number of nitrogen functional groups attached to an aromatic ring is 1. The van der Waals surface area contributed by atoms with Crippen LogP contribution in [-0.2, 0) is 13.0 Å². The van der Waals surface area contributed by atoms with Crippen molar-refractivity contribution in [3.05, 3.63) is 41.2 Å². The number of nitrogens with two attached hydrogens (primary N) is 1. The van der Waals surface area contributed by atoms with Crippen LogP contribution in [0.1, 0.15) is 23.9 Å². The summed E-state index contributed by atoms with van der Waals surface area (Å²) in [5, 5.41) is 3.24. The normalized spacial score (nSPS) is 10.3. The molecule has 0 aliphatic carbocycles. The lowest BCUT2D eigenvalue weighted by atomic mass is 10.1. The fourth-order valence-electron chi connectivity index (χ4n) is 1.83. The van der Waals surface area contributed by atoms with E-state index < -0.39 is 0 Å². The van der Waals surface area contributed by atoms with Crippen LogP contribution in [0.3, 0.4) is 0 Å². The van der Waals surface area contributed by atoms with E-state index in [-0.39, 0.29) is 0 Å². The zero-order valence-corrected chi connectivity index (χ0v) is 12.1. The van der Waals surface area contributed by atoms with Gasteiger partial charge in [0.15, 0.2) is 5.82 Å². The highest BCUT2D eigenvalue weighted by molar-refractivity contribution is 5.67. The molecule has 106 valence electrons. The summed E-state index contributed by atoms with van der Waals surface area (Å²) >= 11 is 0. The van der Waals surface area contributed by atoms with Crippen molar-refractivity contribution in [3.63, 3.8) is 0 Å². The third kappa shape index (κ3) is 3.17. The first-order chi connectivity index (χ1) is 9.63. The molecule has 2 aromatic rings. The summed E-state index contributed by atoms with van der Waals surface area (Å²) < 4.78 is 5.18. The van der Waals surface area contributed by atoms with Gasteiger partial charge in [-0.05, 0) is 12.5 Å². The highest BCUT2D eigenvalue weighted by Gasteiger charge is 2.11. The van der Waals surface area contributed by atoms with E-state index in [4.69, 9.17) is 10.5 Å². The van der Waals surface area contributed by atoms with E-state index in [0.29, 0.717) is 29.8 Å². The maximum Gasteiger partial charge on any atom is 0.242 e. The summed E-state index contributed by atoms with van der Waals surface area (Å²) in [5.41, 5.74) is 8.85. The lowest BCUT2D eigenvalue weighted by Crippen LogP contribution is -2.09. The van der Waals surface area contributed by atoms with Crippen LogP contribution < -0.4 is 15.8 Å². The lowest BCUT2D eigenvalue weighted by molar-refractivity contribution is 0.397. The molecule has 0 bridgehead atoms. The van der Waals surface area contributed by atoms with Crippen molar-refractivity contribution in [1.29, 1.82) is 0 Å². The van der Waals surface area contributed by atoms with Crippen molar-refractivity contribution in [2.24, 2.45) is 0 Å². The molecule has 0 unspecified atom stereocenters. The van der Waals surface area contributed by atoms with Crippen LogP contribution in [-0.4, -0.2) is 17.1 Å². The Balaban J connectivity index is 2.18. The van der Waals surface area contributed by atoms with E-state index in [0.717, 1.165) is 6.42 Å². The number of anilines is 2. The summed E-state index contributed by atoms with van der Waals surface area (Å²) in [7, 11) is 1.56. The van der Waals surface area contributed by atoms with Crippen LogP contribution in [0.15, 0.2) is 24.3 Å². The van der Waals surface area contributed by atoms with Crippen molar-refractivity contribution >= 4 is 11.5 Å². The summed E-state index contributed by atoms with van der Waals surface area (Å²) in [4.78, 5) is 8.64. The zero-order valence-electron chi connectivity index (χ0n) is 12.1. The molecular formula is C15H20N4O. The number of benzene rings is 1. The summed E-state index contributed by atoms with van der Waals surface area (Å²) in [6.07, 6.45) is 0.732. The molecule has 2 rings (SSSR count). The summed E-state index contributed by atoms with van der Waals surface area (Å²) in [5.74, 6) is 1.75. The minimum absolute atomic E-state index is 0.420. The van der Waals surface area contributed by atoms with E-state index in [1.54, 1.807) is 7.11 Å². The highest BCUT2D eigenvalue weighted by atomic mass is 16.5. The number of nitrogens with zero attached hydrogens (tertiary/aromatic N) is 2. The maximum atomic E-state index is 5.99. The van der Waals surface area contributed by atoms with Gasteiger partial charge >= 0.3 is 0 Å². The molecule has 0 aliphatic heterocycles. The summed E-state index contributed by atoms with van der Waals surface area (Å²) in [6, 6.07) is 8.33. The van der Waals surface area contributed by atoms with Gasteiger partial charge in [-0.25, -0.2) is 4.98 Å². The molecule has 0 radical (unpaired) electrons. The quantitative estimate of drug-likeness (QED) is 0.875. The first kappa shape index (κ1) is 14.1. The summed E-state index contributed by atoms with van der Waals surface area (Å²) in [6.45, 7) is 4.72. The van der Waals surface area contributed by atoms with Gasteiger partial charge in [-0.3, -0.25) is 0 Å². The Morgan fingerprint density at radius 3 is 2.50 bits per heavy atom. The van der Waals surface area contributed by atoms with Crippen molar-refractivity contribution in [2.75, 3.05) is 18.2 Å². The second-order valence-electron chi connectivity index (χ2n) is 4.60. The Hall–Kier alpha value is -2.30. The molecule has 0 saturated carbocycles. The van der Waals surface area contributed by atoms with Crippen LogP contribution in [0.2, 0.25) is 0 Å². The molecule has 0 atom stereocenters. The van der Waals surface area contributed by atoms with Gasteiger partial charge in [0.2, 0.25) is 5.88 Å². The first-order valence-corrected chi connectivity index (χ1v) is 6.63. The molecule has 0 saturated heterocycles. The zero-order chi connectivity index (χ0) is 14.5. The van der Waals surface area contributed by atoms with Crippen LogP contribution in [0, 0.1) is 6.92 Å². The van der Waals surface area contributed by atoms with E-state index in [2.05, 4.69) is 46.5 Å². The number of ether oxygens (including phenoxy) is 1. The molecule has 20 heavy (non-hydrogen) atoms. The number of aromatic nitrogens is 2. The molecular weight excluding hydrogens is 252 g/mol. The lowest BCUT2D eigenvalue weighted by Gasteiger charge is -2.12. The number of aryl methyl sites for hydroxylation is 2. The van der Waals surface area contributed by atoms with Crippen molar-refractivity contribution < 1.29 is 4.74 Å². The minimum atomic E-state index is 0.420. The molecule has 5 heteroatoms. The van der Waals surface area contributed by atoms with E-state index >= 15 is 0 Å². The Labute approximate surface area is 119 Å². The largest absolute Gasteiger partial charge is 0.479 e. The number of hydrogen-bond donors (Lipinski definition) is 2. The highest BCUT2D eigenvalue weighted by Crippen LogP contribution is 2.26. The molecule has 0 aliphatic rings. The van der Waals surface area contributed by atoms with Gasteiger partial charge in [0.1, 0.15) is 11.5 Å². The van der Waals surface area contributed by atoms with E-state index in [9.17, 15) is 0 Å². The number of methoxy groups -OCH3 is 1. The predicted molar refractivity (Wildman–Crippen MR) is 80.9 cm³/mol. The number of hydrogen-bond acceptors (Lipinski definition) is 5. The third-order valence-corrected chi connectivity index (χ3v) is 3.05. The van der Waals surface area contributed by atoms with E-state index in [1.165, 1.54) is 11.1 Å². The molecule has 0 spiro atoms. The maximum absolute atomic E-state index is 5.99. The molecule has 1 heterocycles. The van der Waals surface area contributed by atoms with E-state index in [1.807, 2.05) is 6.92 Å². The van der Waals surface area contributed by atoms with Crippen molar-refractivity contribution in [3.8, 4) is 5.88 Å². The average molecular weight is 272 g/mol. The third-order valence-electron chi connectivity index (χ3n) is 3.05. The number of nitrogens with one attached hydrogen (secondary N) is 1. The first-order valence-electron chi connectivity index (χ1n) is 6.63. The predicted octanol–water partition coefficient (Wildman–Crippen LogP) is 2.55. The topological polar surface area (TPSA) is 73.1 Å². The Morgan fingerprint density at radius 2 is 1.90 bits per heavy atom. The minimum Gasteiger partial charge on any atom is -0.479 e. The van der Waals surface area contributed by atoms with Gasteiger partial charge in [0.05, 0.1) is 7.11 Å². The van der Waals surface area contributed by atoms with Gasteiger partial charge in [-0.15, -0.1) is 0 Å². The van der Waals surface area contributed by atoms with Crippen molar-refractivity contribution in [1.82, 2.24) is 9.97 Å².